The van der Waals surface area contributed by atoms with Crippen molar-refractivity contribution in [3.05, 3.63) is 82.9 Å². The third kappa shape index (κ3) is 3.53. The largest absolute Gasteiger partial charge is 0.497 e. The molecule has 0 aliphatic heterocycles. The molecule has 128 valence electrons. The van der Waals surface area contributed by atoms with Crippen LogP contribution in [0.2, 0.25) is 0 Å². The van der Waals surface area contributed by atoms with Crippen molar-refractivity contribution in [3.8, 4) is 5.75 Å². The van der Waals surface area contributed by atoms with Gasteiger partial charge in [-0.1, -0.05) is 41.5 Å². The number of ether oxygens (including phenoxy) is 1. The topological polar surface area (TPSA) is 12.5 Å². The molecule has 0 saturated heterocycles. The number of hydrogen-bond donors (Lipinski definition) is 0. The molecule has 0 aliphatic rings. The third-order valence-corrected chi connectivity index (χ3v) is 4.50. The third-order valence-electron chi connectivity index (χ3n) is 4.50. The van der Waals surface area contributed by atoms with Crippen molar-refractivity contribution in [2.45, 2.75) is 27.7 Å². The molecule has 2 nitrogen and oxygen atoms in total. The number of nitrogens with zero attached hydrogens (tertiary/aromatic N) is 1. The zero-order chi connectivity index (χ0) is 18.0. The van der Waals surface area contributed by atoms with E-state index in [2.05, 4.69) is 81.1 Å². The van der Waals surface area contributed by atoms with E-state index in [-0.39, 0.29) is 0 Å². The van der Waals surface area contributed by atoms with E-state index in [0.29, 0.717) is 0 Å². The van der Waals surface area contributed by atoms with Gasteiger partial charge in [-0.05, 0) is 63.1 Å². The summed E-state index contributed by atoms with van der Waals surface area (Å²) < 4.78 is 5.45. The van der Waals surface area contributed by atoms with Crippen LogP contribution in [-0.2, 0) is 0 Å². The first-order valence-corrected chi connectivity index (χ1v) is 8.58. The normalized spacial score (nSPS) is 10.6. The van der Waals surface area contributed by atoms with Crippen molar-refractivity contribution >= 4 is 17.1 Å². The summed E-state index contributed by atoms with van der Waals surface area (Å²) in [5, 5.41) is 0. The van der Waals surface area contributed by atoms with E-state index in [1.54, 1.807) is 7.11 Å². The van der Waals surface area contributed by atoms with Gasteiger partial charge < -0.3 is 9.64 Å². The highest BCUT2D eigenvalue weighted by molar-refractivity contribution is 5.80. The van der Waals surface area contributed by atoms with Crippen LogP contribution in [0.25, 0.3) is 0 Å². The van der Waals surface area contributed by atoms with Crippen molar-refractivity contribution in [1.82, 2.24) is 0 Å². The number of aryl methyl sites for hydroxylation is 4. The fourth-order valence-corrected chi connectivity index (χ4v) is 3.27. The van der Waals surface area contributed by atoms with Gasteiger partial charge in [-0.2, -0.15) is 0 Å². The summed E-state index contributed by atoms with van der Waals surface area (Å²) in [6.07, 6.45) is 0. The van der Waals surface area contributed by atoms with Crippen LogP contribution < -0.4 is 9.64 Å². The second-order valence-corrected chi connectivity index (χ2v) is 6.62. The smallest absolute Gasteiger partial charge is 0.120 e. The van der Waals surface area contributed by atoms with Gasteiger partial charge in [-0.15, -0.1) is 0 Å². The Bertz CT molecular complexity index is 847. The lowest BCUT2D eigenvalue weighted by atomic mass is 10.0. The van der Waals surface area contributed by atoms with Gasteiger partial charge in [-0.25, -0.2) is 0 Å². The maximum absolute atomic E-state index is 5.45. The average Bonchev–Trinajstić information content (AvgIpc) is 2.59. The van der Waals surface area contributed by atoms with Crippen molar-refractivity contribution in [2.75, 3.05) is 12.0 Å². The van der Waals surface area contributed by atoms with Crippen LogP contribution >= 0.6 is 0 Å². The zero-order valence-corrected chi connectivity index (χ0v) is 15.6. The van der Waals surface area contributed by atoms with Gasteiger partial charge in [0, 0.05) is 23.1 Å². The minimum Gasteiger partial charge on any atom is -0.497 e. The van der Waals surface area contributed by atoms with Gasteiger partial charge in [0.15, 0.2) is 0 Å². The molecule has 0 spiro atoms. The predicted octanol–water partition coefficient (Wildman–Crippen LogP) is 6.40. The predicted molar refractivity (Wildman–Crippen MR) is 107 cm³/mol. The van der Waals surface area contributed by atoms with Crippen LogP contribution in [-0.4, -0.2) is 7.11 Å². The lowest BCUT2D eigenvalue weighted by Gasteiger charge is -2.29. The number of hydrogen-bond acceptors (Lipinski definition) is 2. The Kier molecular flexibility index (Phi) is 4.80. The Morgan fingerprint density at radius 1 is 0.680 bits per heavy atom. The SMILES string of the molecule is COc1cccc(N(c2ccc(C)cc2C)c2ccc(C)cc2C)c1. The van der Waals surface area contributed by atoms with Crippen LogP contribution in [0.3, 0.4) is 0 Å². The Labute approximate surface area is 150 Å². The van der Waals surface area contributed by atoms with Crippen molar-refractivity contribution < 1.29 is 4.74 Å². The van der Waals surface area contributed by atoms with Gasteiger partial charge in [0.2, 0.25) is 0 Å². The molecule has 3 rings (SSSR count). The molecule has 3 aromatic rings. The van der Waals surface area contributed by atoms with Crippen LogP contribution in [0.15, 0.2) is 60.7 Å². The highest BCUT2D eigenvalue weighted by atomic mass is 16.5. The Morgan fingerprint density at radius 3 is 1.72 bits per heavy atom. The molecule has 3 aromatic carbocycles. The second kappa shape index (κ2) is 7.02. The molecular formula is C23H25NO. The quantitative estimate of drug-likeness (QED) is 0.548. The van der Waals surface area contributed by atoms with E-state index in [4.69, 9.17) is 4.74 Å². The summed E-state index contributed by atoms with van der Waals surface area (Å²) >= 11 is 0. The molecule has 0 N–H and O–H groups in total. The number of benzene rings is 3. The molecule has 0 bridgehead atoms. The first-order chi connectivity index (χ1) is 12.0. The molecule has 0 unspecified atom stereocenters. The van der Waals surface area contributed by atoms with E-state index in [9.17, 15) is 0 Å². The monoisotopic (exact) mass is 331 g/mol. The minimum absolute atomic E-state index is 0.858. The maximum atomic E-state index is 5.45. The zero-order valence-electron chi connectivity index (χ0n) is 15.6. The average molecular weight is 331 g/mol. The molecular weight excluding hydrogens is 306 g/mol. The van der Waals surface area contributed by atoms with E-state index in [1.165, 1.54) is 33.6 Å². The van der Waals surface area contributed by atoms with Crippen molar-refractivity contribution in [2.24, 2.45) is 0 Å². The van der Waals surface area contributed by atoms with Crippen molar-refractivity contribution in [3.63, 3.8) is 0 Å². The minimum atomic E-state index is 0.858. The summed E-state index contributed by atoms with van der Waals surface area (Å²) in [5.41, 5.74) is 8.51. The summed E-state index contributed by atoms with van der Waals surface area (Å²) in [5.74, 6) is 0.858. The number of methoxy groups -OCH3 is 1. The van der Waals surface area contributed by atoms with Gasteiger partial charge >= 0.3 is 0 Å². The molecule has 0 heterocycles. The van der Waals surface area contributed by atoms with Gasteiger partial charge in [0.05, 0.1) is 7.11 Å². The molecule has 0 fully saturated rings. The van der Waals surface area contributed by atoms with E-state index >= 15 is 0 Å². The highest BCUT2D eigenvalue weighted by Crippen LogP contribution is 2.39. The maximum Gasteiger partial charge on any atom is 0.120 e. The van der Waals surface area contributed by atoms with Crippen LogP contribution in [0.1, 0.15) is 22.3 Å². The molecule has 2 heteroatoms. The van der Waals surface area contributed by atoms with Crippen LogP contribution in [0.4, 0.5) is 17.1 Å². The van der Waals surface area contributed by atoms with E-state index in [0.717, 1.165) is 11.4 Å². The fraction of sp³-hybridized carbons (Fsp3) is 0.217. The first-order valence-electron chi connectivity index (χ1n) is 8.58. The standard InChI is InChI=1S/C23H25NO/c1-16-9-11-22(18(3)13-16)24(20-7-6-8-21(15-20)25-5)23-12-10-17(2)14-19(23)4/h6-15H,1-5H3. The summed E-state index contributed by atoms with van der Waals surface area (Å²) in [4.78, 5) is 2.31. The lowest BCUT2D eigenvalue weighted by Crippen LogP contribution is -2.13. The van der Waals surface area contributed by atoms with Crippen LogP contribution in [0, 0.1) is 27.7 Å². The summed E-state index contributed by atoms with van der Waals surface area (Å²) in [7, 11) is 1.71. The summed E-state index contributed by atoms with van der Waals surface area (Å²) in [6.45, 7) is 8.59. The summed E-state index contributed by atoms with van der Waals surface area (Å²) in [6, 6.07) is 21.4. The van der Waals surface area contributed by atoms with Crippen LogP contribution in [0.5, 0.6) is 5.75 Å². The van der Waals surface area contributed by atoms with E-state index in [1.807, 2.05) is 12.1 Å². The van der Waals surface area contributed by atoms with Gasteiger partial charge in [0.25, 0.3) is 0 Å². The molecule has 0 atom stereocenters. The number of rotatable bonds is 4. The molecule has 0 aromatic heterocycles. The second-order valence-electron chi connectivity index (χ2n) is 6.62. The molecule has 0 radical (unpaired) electrons. The van der Waals surface area contributed by atoms with E-state index < -0.39 is 0 Å². The Balaban J connectivity index is 2.23. The first kappa shape index (κ1) is 17.1. The van der Waals surface area contributed by atoms with Crippen molar-refractivity contribution in [1.29, 1.82) is 0 Å². The number of anilines is 3. The Hall–Kier alpha value is -2.74. The van der Waals surface area contributed by atoms with Gasteiger partial charge in [0.1, 0.15) is 5.75 Å². The Morgan fingerprint density at radius 2 is 1.24 bits per heavy atom. The molecule has 0 amide bonds. The highest BCUT2D eigenvalue weighted by Gasteiger charge is 2.17. The molecule has 0 aliphatic carbocycles. The molecule has 25 heavy (non-hydrogen) atoms. The van der Waals surface area contributed by atoms with Gasteiger partial charge in [-0.3, -0.25) is 0 Å². The fourth-order valence-electron chi connectivity index (χ4n) is 3.27. The lowest BCUT2D eigenvalue weighted by molar-refractivity contribution is 0.415. The molecule has 0 saturated carbocycles.